The zero-order valence-corrected chi connectivity index (χ0v) is 18.9. The Balaban J connectivity index is 1.49. The van der Waals surface area contributed by atoms with Crippen LogP contribution >= 0.6 is 0 Å². The number of para-hydroxylation sites is 1. The lowest BCUT2D eigenvalue weighted by Gasteiger charge is -2.33. The monoisotopic (exact) mass is 487 g/mol. The average Bonchev–Trinajstić information content (AvgIpc) is 2.82. The van der Waals surface area contributed by atoms with Crippen LogP contribution in [-0.2, 0) is 37.0 Å². The van der Waals surface area contributed by atoms with Crippen LogP contribution in [-0.4, -0.2) is 17.6 Å². The summed E-state index contributed by atoms with van der Waals surface area (Å²) in [5.74, 6) is -0.817. The van der Waals surface area contributed by atoms with Crippen molar-refractivity contribution in [3.63, 3.8) is 0 Å². The van der Waals surface area contributed by atoms with Crippen molar-refractivity contribution < 1.29 is 32.2 Å². The molecule has 1 N–H and O–H groups in total. The summed E-state index contributed by atoms with van der Waals surface area (Å²) < 4.78 is 59.1. The summed E-state index contributed by atoms with van der Waals surface area (Å²) in [5.41, 5.74) is 3.04. The molecular weight excluding hydrogens is 462 g/mol. The maximum absolute atomic E-state index is 14.4. The first-order chi connectivity index (χ1) is 16.7. The first kappa shape index (κ1) is 24.6. The summed E-state index contributed by atoms with van der Waals surface area (Å²) >= 11 is 0. The third-order valence-electron chi connectivity index (χ3n) is 6.05. The number of anilines is 1. The van der Waals surface area contributed by atoms with Crippen LogP contribution in [0.2, 0.25) is 0 Å². The molecule has 0 saturated carbocycles. The third-order valence-corrected chi connectivity index (χ3v) is 6.05. The predicted molar refractivity (Wildman–Crippen MR) is 124 cm³/mol. The highest BCUT2D eigenvalue weighted by Crippen LogP contribution is 2.38. The normalized spacial score (nSPS) is 13.4. The van der Waals surface area contributed by atoms with Crippen LogP contribution < -0.4 is 9.64 Å². The summed E-state index contributed by atoms with van der Waals surface area (Å²) in [6.45, 7) is 1.31. The molecular formula is C27H25F4NO3. The van der Waals surface area contributed by atoms with Gasteiger partial charge < -0.3 is 14.7 Å². The van der Waals surface area contributed by atoms with E-state index in [1.807, 2.05) is 18.2 Å². The minimum atomic E-state index is -4.37. The van der Waals surface area contributed by atoms with Gasteiger partial charge >= 0.3 is 12.1 Å². The lowest BCUT2D eigenvalue weighted by atomic mass is 10.00. The van der Waals surface area contributed by atoms with E-state index in [-0.39, 0.29) is 19.4 Å². The van der Waals surface area contributed by atoms with E-state index in [0.29, 0.717) is 23.4 Å². The topological polar surface area (TPSA) is 49.8 Å². The minimum Gasteiger partial charge on any atom is -0.487 e. The number of nitrogens with zero attached hydrogens (tertiary/aromatic N) is 1. The largest absolute Gasteiger partial charge is 0.487 e. The zero-order valence-electron chi connectivity index (χ0n) is 18.9. The van der Waals surface area contributed by atoms with Crippen LogP contribution in [0, 0.1) is 5.82 Å². The number of fused-ring (bicyclic) bond motifs is 1. The lowest BCUT2D eigenvalue weighted by molar-refractivity contribution is -0.138. The molecule has 4 nitrogen and oxygen atoms in total. The van der Waals surface area contributed by atoms with Crippen molar-refractivity contribution in [2.75, 3.05) is 11.4 Å². The fourth-order valence-electron chi connectivity index (χ4n) is 4.28. The van der Waals surface area contributed by atoms with E-state index in [9.17, 15) is 22.4 Å². The lowest BCUT2D eigenvalue weighted by Crippen LogP contribution is -2.29. The van der Waals surface area contributed by atoms with Crippen LogP contribution in [0.25, 0.3) is 0 Å². The number of hydrogen-bond acceptors (Lipinski definition) is 3. The summed E-state index contributed by atoms with van der Waals surface area (Å²) in [4.78, 5) is 12.8. The van der Waals surface area contributed by atoms with Crippen molar-refractivity contribution in [3.05, 3.63) is 94.3 Å². The van der Waals surface area contributed by atoms with E-state index in [1.54, 1.807) is 12.1 Å². The van der Waals surface area contributed by atoms with E-state index in [1.165, 1.54) is 18.2 Å². The number of ether oxygens (including phenoxy) is 1. The number of alkyl halides is 3. The second kappa shape index (κ2) is 10.4. The molecule has 0 amide bonds. The minimum absolute atomic E-state index is 0.118. The zero-order chi connectivity index (χ0) is 25.0. The maximum Gasteiger partial charge on any atom is 0.416 e. The van der Waals surface area contributed by atoms with Gasteiger partial charge in [-0.15, -0.1) is 0 Å². The number of hydrogen-bond donors (Lipinski definition) is 1. The molecule has 0 saturated heterocycles. The number of carbonyl (C=O) groups is 1. The highest BCUT2D eigenvalue weighted by atomic mass is 19.4. The van der Waals surface area contributed by atoms with E-state index in [0.717, 1.165) is 48.3 Å². The number of carboxylic acids is 1. The average molecular weight is 487 g/mol. The summed E-state index contributed by atoms with van der Waals surface area (Å²) in [5, 5.41) is 8.79. The Labute approximate surface area is 200 Å². The van der Waals surface area contributed by atoms with E-state index >= 15 is 0 Å². The van der Waals surface area contributed by atoms with Crippen LogP contribution in [0.4, 0.5) is 23.2 Å². The number of halogens is 4. The van der Waals surface area contributed by atoms with Crippen molar-refractivity contribution in [1.82, 2.24) is 0 Å². The summed E-state index contributed by atoms with van der Waals surface area (Å²) in [7, 11) is 0. The van der Waals surface area contributed by atoms with Gasteiger partial charge in [0.2, 0.25) is 0 Å². The molecule has 184 valence electrons. The molecule has 0 radical (unpaired) electrons. The van der Waals surface area contributed by atoms with Crippen molar-refractivity contribution >= 4 is 11.7 Å². The molecule has 35 heavy (non-hydrogen) atoms. The van der Waals surface area contributed by atoms with Gasteiger partial charge in [-0.2, -0.15) is 13.2 Å². The van der Waals surface area contributed by atoms with Gasteiger partial charge in [0, 0.05) is 19.5 Å². The van der Waals surface area contributed by atoms with Gasteiger partial charge in [-0.3, -0.25) is 4.79 Å². The second-order valence-electron chi connectivity index (χ2n) is 8.59. The molecule has 3 aromatic carbocycles. The van der Waals surface area contributed by atoms with Gasteiger partial charge in [0.25, 0.3) is 0 Å². The number of rotatable bonds is 8. The van der Waals surface area contributed by atoms with Crippen molar-refractivity contribution in [2.45, 2.75) is 45.0 Å². The summed E-state index contributed by atoms with van der Waals surface area (Å²) in [6.07, 6.45) is -2.61. The quantitative estimate of drug-likeness (QED) is 0.374. The molecule has 0 atom stereocenters. The van der Waals surface area contributed by atoms with Crippen molar-refractivity contribution in [3.8, 4) is 5.75 Å². The third kappa shape index (κ3) is 6.12. The Morgan fingerprint density at radius 1 is 1.03 bits per heavy atom. The Bertz CT molecular complexity index is 1190. The van der Waals surface area contributed by atoms with Gasteiger partial charge in [0.05, 0.1) is 11.3 Å². The molecule has 0 fully saturated rings. The first-order valence-electron chi connectivity index (χ1n) is 11.4. The van der Waals surface area contributed by atoms with Gasteiger partial charge in [-0.05, 0) is 65.8 Å². The number of aryl methyl sites for hydroxylation is 2. The van der Waals surface area contributed by atoms with Crippen molar-refractivity contribution in [2.24, 2.45) is 0 Å². The molecule has 3 aromatic rings. The Morgan fingerprint density at radius 3 is 2.46 bits per heavy atom. The van der Waals surface area contributed by atoms with Crippen LogP contribution in [0.5, 0.6) is 5.75 Å². The fraction of sp³-hybridized carbons (Fsp3) is 0.296. The fourth-order valence-corrected chi connectivity index (χ4v) is 4.28. The number of carboxylic acid groups (broad SMARTS) is 1. The van der Waals surface area contributed by atoms with Crippen LogP contribution in [0.3, 0.4) is 0 Å². The Morgan fingerprint density at radius 2 is 1.77 bits per heavy atom. The second-order valence-corrected chi connectivity index (χ2v) is 8.59. The molecule has 8 heteroatoms. The highest BCUT2D eigenvalue weighted by molar-refractivity contribution is 5.67. The molecule has 0 spiro atoms. The summed E-state index contributed by atoms with van der Waals surface area (Å²) in [6, 6.07) is 15.6. The Hall–Kier alpha value is -3.55. The maximum atomic E-state index is 14.4. The number of benzene rings is 3. The standard InChI is InChI=1S/C27H25F4NO3/c28-23-15-19(6-9-20(23)10-13-25(33)34)17-35-24-5-1-3-21-4-2-14-32(26(21)24)16-18-7-11-22(12-8-18)27(29,30)31/h1,3,5-9,11-12,15H,2,4,10,13-14,16-17H2,(H,33,34). The molecule has 4 rings (SSSR count). The predicted octanol–water partition coefficient (Wildman–Crippen LogP) is 6.39. The van der Waals surface area contributed by atoms with Gasteiger partial charge in [0.15, 0.2) is 0 Å². The molecule has 0 aliphatic carbocycles. The highest BCUT2D eigenvalue weighted by Gasteiger charge is 2.30. The van der Waals surface area contributed by atoms with Crippen LogP contribution in [0.15, 0.2) is 60.7 Å². The van der Waals surface area contributed by atoms with E-state index in [4.69, 9.17) is 9.84 Å². The van der Waals surface area contributed by atoms with Gasteiger partial charge in [-0.25, -0.2) is 4.39 Å². The van der Waals surface area contributed by atoms with Gasteiger partial charge in [0.1, 0.15) is 18.2 Å². The van der Waals surface area contributed by atoms with Gasteiger partial charge in [-0.1, -0.05) is 36.4 Å². The van der Waals surface area contributed by atoms with Crippen molar-refractivity contribution in [1.29, 1.82) is 0 Å². The molecule has 1 heterocycles. The molecule has 0 aromatic heterocycles. The van der Waals surface area contributed by atoms with E-state index < -0.39 is 23.5 Å². The molecule has 0 bridgehead atoms. The molecule has 1 aliphatic heterocycles. The smallest absolute Gasteiger partial charge is 0.416 e. The van der Waals surface area contributed by atoms with Crippen LogP contribution in [0.1, 0.15) is 40.7 Å². The Kier molecular flexibility index (Phi) is 7.28. The molecule has 0 unspecified atom stereocenters. The molecule has 1 aliphatic rings. The number of aliphatic carboxylic acids is 1. The SMILES string of the molecule is O=C(O)CCc1ccc(COc2cccc3c2N(Cc2ccc(C(F)(F)F)cc2)CCC3)cc1F. The first-order valence-corrected chi connectivity index (χ1v) is 11.4. The van der Waals surface area contributed by atoms with E-state index in [2.05, 4.69) is 4.90 Å².